The van der Waals surface area contributed by atoms with Gasteiger partial charge in [-0.2, -0.15) is 0 Å². The molecule has 9 rings (SSSR count). The third-order valence-electron chi connectivity index (χ3n) is 12.7. The first-order valence-corrected chi connectivity index (χ1v) is 21.1. The molecule has 1 fully saturated rings. The Morgan fingerprint density at radius 2 is 1.48 bits per heavy atom. The van der Waals surface area contributed by atoms with E-state index in [0.717, 1.165) is 67.1 Å². The van der Waals surface area contributed by atoms with Gasteiger partial charge in [0.15, 0.2) is 0 Å². The SMILES string of the molecule is COC(=O)N[C@H]1CCc2ccn3c2C1C(=O)C[C@H](c1ncc(-c2ccc(-c4ccc5cc(-c6cnc([C@@H]7CC(F)(F)CN7C(=O)[C@@H](NC(=O)OC)C(C)C)[nH]6)ccc5c4)cc2)[nH]1)C3. The molecule has 3 aromatic carbocycles. The molecular weight excluding hydrogens is 811 g/mol. The van der Waals surface area contributed by atoms with Gasteiger partial charge in [0.1, 0.15) is 23.5 Å². The van der Waals surface area contributed by atoms with Crippen molar-refractivity contribution in [2.24, 2.45) is 5.92 Å². The maximum atomic E-state index is 14.9. The number of ether oxygens (including phenoxy) is 2. The van der Waals surface area contributed by atoms with Gasteiger partial charge in [-0.15, -0.1) is 0 Å². The van der Waals surface area contributed by atoms with Gasteiger partial charge < -0.3 is 39.5 Å². The first-order valence-electron chi connectivity index (χ1n) is 21.1. The summed E-state index contributed by atoms with van der Waals surface area (Å²) in [5.74, 6) is -3.68. The maximum Gasteiger partial charge on any atom is 0.407 e. The Balaban J connectivity index is 0.888. The van der Waals surface area contributed by atoms with Gasteiger partial charge in [-0.1, -0.05) is 62.4 Å². The number of imidazole rings is 2. The lowest BCUT2D eigenvalue weighted by Gasteiger charge is -2.31. The minimum Gasteiger partial charge on any atom is -0.453 e. The normalized spacial score (nSPS) is 20.9. The fraction of sp³-hybridized carbons (Fsp3) is 0.362. The summed E-state index contributed by atoms with van der Waals surface area (Å²) in [6.45, 7) is 3.26. The van der Waals surface area contributed by atoms with Crippen molar-refractivity contribution >= 4 is 34.6 Å². The zero-order chi connectivity index (χ0) is 44.2. The number of hydrogen-bond donors (Lipinski definition) is 4. The minimum absolute atomic E-state index is 0.0766. The molecule has 6 aromatic rings. The summed E-state index contributed by atoms with van der Waals surface area (Å²) in [4.78, 5) is 68.5. The van der Waals surface area contributed by atoms with E-state index in [4.69, 9.17) is 9.72 Å². The van der Waals surface area contributed by atoms with E-state index in [1.165, 1.54) is 14.2 Å². The summed E-state index contributed by atoms with van der Waals surface area (Å²) in [7, 11) is 2.50. The summed E-state index contributed by atoms with van der Waals surface area (Å²) in [6.07, 6.45) is 5.22. The predicted molar refractivity (Wildman–Crippen MR) is 230 cm³/mol. The van der Waals surface area contributed by atoms with Crippen molar-refractivity contribution in [3.63, 3.8) is 0 Å². The minimum atomic E-state index is -3.13. The Hall–Kier alpha value is -6.84. The quantitative estimate of drug-likeness (QED) is 0.114. The van der Waals surface area contributed by atoms with E-state index in [0.29, 0.717) is 25.1 Å². The standard InChI is InChI=1S/C47H48F2N8O6/c1-25(2)40(55-46(61)63-4)44(59)57-24-47(48,49)20-37(57)43-51-22-36(53-43)32-12-11-30-17-29(9-10-31(30)18-32)26-5-7-27(8-6-26)35-21-50-42(52-35)33-19-38(58)39-34(54-45(60)62-3)14-13-28-15-16-56(23-33)41(28)39/h5-12,15-18,21-22,25,33-34,37,39-40H,13-14,19-20,23-24H2,1-4H3,(H,50,52)(H,51,53)(H,54,60)(H,55,61)/t33-,34-,37-,39?,40-/m0/s1. The number of aromatic amines is 2. The lowest BCUT2D eigenvalue weighted by atomic mass is 9.79. The Morgan fingerprint density at radius 3 is 2.19 bits per heavy atom. The van der Waals surface area contributed by atoms with Crippen molar-refractivity contribution in [2.45, 2.75) is 82.0 Å². The van der Waals surface area contributed by atoms with E-state index in [2.05, 4.69) is 59.2 Å². The number of alkyl carbamates (subject to hydrolysis) is 2. The molecule has 0 saturated carbocycles. The average molecular weight is 859 g/mol. The summed E-state index contributed by atoms with van der Waals surface area (Å²) >= 11 is 0. The second-order valence-corrected chi connectivity index (χ2v) is 17.1. The molecule has 0 spiro atoms. The monoisotopic (exact) mass is 858 g/mol. The number of halogens is 2. The van der Waals surface area contributed by atoms with Gasteiger partial charge in [0.05, 0.1) is 56.5 Å². The number of H-pyrrole nitrogens is 2. The van der Waals surface area contributed by atoms with Crippen LogP contribution in [0.5, 0.6) is 0 Å². The van der Waals surface area contributed by atoms with Crippen LogP contribution in [0, 0.1) is 5.92 Å². The van der Waals surface area contributed by atoms with Crippen molar-refractivity contribution < 1.29 is 37.4 Å². The van der Waals surface area contributed by atoms with Crippen LogP contribution in [0.2, 0.25) is 0 Å². The number of carbonyl (C=O) groups excluding carboxylic acids is 4. The second kappa shape index (κ2) is 16.5. The highest BCUT2D eigenvalue weighted by atomic mass is 19.3. The molecule has 3 aromatic heterocycles. The molecule has 2 aliphatic heterocycles. The molecule has 16 heteroatoms. The molecule has 326 valence electrons. The number of aryl methyl sites for hydroxylation is 1. The number of hydrogen-bond acceptors (Lipinski definition) is 8. The van der Waals surface area contributed by atoms with Crippen LogP contribution < -0.4 is 10.6 Å². The molecule has 4 N–H and O–H groups in total. The van der Waals surface area contributed by atoms with Gasteiger partial charge in [-0.3, -0.25) is 9.59 Å². The number of Topliss-reactive ketones (excluding diaryl/α,β-unsaturated/α-hetero) is 1. The van der Waals surface area contributed by atoms with Crippen LogP contribution in [-0.2, 0) is 32.0 Å². The molecule has 63 heavy (non-hydrogen) atoms. The molecule has 1 aliphatic carbocycles. The highest BCUT2D eigenvalue weighted by molar-refractivity contribution is 5.91. The number of benzene rings is 3. The van der Waals surface area contributed by atoms with Crippen LogP contribution >= 0.6 is 0 Å². The highest BCUT2D eigenvalue weighted by Gasteiger charge is 2.50. The zero-order valence-corrected chi connectivity index (χ0v) is 35.3. The number of alkyl halides is 2. The molecule has 5 atom stereocenters. The Kier molecular flexibility index (Phi) is 10.8. The summed E-state index contributed by atoms with van der Waals surface area (Å²) in [5.41, 5.74) is 7.39. The molecule has 14 nitrogen and oxygen atoms in total. The van der Waals surface area contributed by atoms with Crippen LogP contribution in [0.25, 0.3) is 44.4 Å². The molecule has 1 saturated heterocycles. The Labute approximate surface area is 361 Å². The van der Waals surface area contributed by atoms with Crippen molar-refractivity contribution in [3.05, 3.63) is 108 Å². The fourth-order valence-corrected chi connectivity index (χ4v) is 9.49. The fourth-order valence-electron chi connectivity index (χ4n) is 9.49. The zero-order valence-electron chi connectivity index (χ0n) is 35.3. The van der Waals surface area contributed by atoms with Crippen molar-refractivity contribution in [1.29, 1.82) is 0 Å². The number of nitrogens with one attached hydrogen (secondary N) is 4. The second-order valence-electron chi connectivity index (χ2n) is 17.1. The number of fused-ring (bicyclic) bond motifs is 1. The van der Waals surface area contributed by atoms with Crippen LogP contribution in [0.15, 0.2) is 85.3 Å². The van der Waals surface area contributed by atoms with Gasteiger partial charge in [0, 0.05) is 48.8 Å². The van der Waals surface area contributed by atoms with E-state index in [9.17, 15) is 28.0 Å². The molecule has 3 amide bonds. The number of carbonyl (C=O) groups is 4. The number of nitrogens with zero attached hydrogens (tertiary/aromatic N) is 4. The van der Waals surface area contributed by atoms with Gasteiger partial charge >= 0.3 is 12.2 Å². The van der Waals surface area contributed by atoms with Gasteiger partial charge in [0.25, 0.3) is 5.92 Å². The van der Waals surface area contributed by atoms with E-state index in [-0.39, 0.29) is 29.5 Å². The summed E-state index contributed by atoms with van der Waals surface area (Å²) < 4.78 is 41.4. The van der Waals surface area contributed by atoms with Crippen LogP contribution in [0.1, 0.15) is 73.9 Å². The lowest BCUT2D eigenvalue weighted by molar-refractivity contribution is -0.136. The number of rotatable bonds is 9. The highest BCUT2D eigenvalue weighted by Crippen LogP contribution is 2.42. The topological polar surface area (TPSA) is 176 Å². The number of amides is 3. The smallest absolute Gasteiger partial charge is 0.407 e. The first kappa shape index (κ1) is 41.5. The molecule has 0 radical (unpaired) electrons. The maximum absolute atomic E-state index is 14.9. The Bertz CT molecular complexity index is 2720. The van der Waals surface area contributed by atoms with Crippen molar-refractivity contribution in [3.8, 4) is 33.6 Å². The average Bonchev–Trinajstić information content (AvgIpc) is 4.10. The molecule has 1 unspecified atom stereocenters. The number of ketones is 1. The lowest BCUT2D eigenvalue weighted by Crippen LogP contribution is -2.51. The molecule has 5 heterocycles. The first-order chi connectivity index (χ1) is 30.3. The molecular formula is C47H48F2N8O6. The Morgan fingerprint density at radius 1 is 0.841 bits per heavy atom. The van der Waals surface area contributed by atoms with E-state index in [1.54, 1.807) is 26.2 Å². The number of methoxy groups -OCH3 is 2. The van der Waals surface area contributed by atoms with Crippen LogP contribution in [0.4, 0.5) is 18.4 Å². The number of aromatic nitrogens is 5. The van der Waals surface area contributed by atoms with Gasteiger partial charge in [0.2, 0.25) is 5.91 Å². The molecule has 0 bridgehead atoms. The number of likely N-dealkylation sites (tertiary alicyclic amines) is 1. The van der Waals surface area contributed by atoms with E-state index in [1.807, 2.05) is 48.7 Å². The van der Waals surface area contributed by atoms with E-state index >= 15 is 0 Å². The largest absolute Gasteiger partial charge is 0.453 e. The summed E-state index contributed by atoms with van der Waals surface area (Å²) in [6, 6.07) is 20.0. The summed E-state index contributed by atoms with van der Waals surface area (Å²) in [5, 5.41) is 7.36. The van der Waals surface area contributed by atoms with E-state index < -0.39 is 55.0 Å². The van der Waals surface area contributed by atoms with Gasteiger partial charge in [-0.05, 0) is 70.0 Å². The third kappa shape index (κ3) is 8.05. The van der Waals surface area contributed by atoms with Crippen LogP contribution in [0.3, 0.4) is 0 Å². The predicted octanol–water partition coefficient (Wildman–Crippen LogP) is 7.89. The third-order valence-corrected chi connectivity index (χ3v) is 12.7. The van der Waals surface area contributed by atoms with Crippen molar-refractivity contribution in [2.75, 3.05) is 20.8 Å². The van der Waals surface area contributed by atoms with Crippen molar-refractivity contribution in [1.82, 2.24) is 40.0 Å². The molecule has 3 aliphatic rings. The van der Waals surface area contributed by atoms with Crippen LogP contribution in [-0.4, -0.2) is 92.1 Å². The van der Waals surface area contributed by atoms with Gasteiger partial charge in [-0.25, -0.2) is 28.3 Å².